The van der Waals surface area contributed by atoms with Gasteiger partial charge in [0.2, 0.25) is 0 Å². The molecule has 5 nitrogen and oxygen atoms in total. The van der Waals surface area contributed by atoms with Crippen LogP contribution in [0.15, 0.2) is 48.5 Å². The number of ether oxygens (including phenoxy) is 1. The Hall–Kier alpha value is -2.79. The van der Waals surface area contributed by atoms with Crippen LogP contribution in [0.3, 0.4) is 0 Å². The lowest BCUT2D eigenvalue weighted by Crippen LogP contribution is -2.31. The first kappa shape index (κ1) is 22.9. The van der Waals surface area contributed by atoms with Gasteiger partial charge in [0.15, 0.2) is 0 Å². The number of allylic oxidation sites excluding steroid dienone is 1. The first-order valence-electron chi connectivity index (χ1n) is 11.2. The number of fused-ring (bicyclic) bond motifs is 1. The highest BCUT2D eigenvalue weighted by Crippen LogP contribution is 2.30. The van der Waals surface area contributed by atoms with E-state index in [0.717, 1.165) is 51.5 Å². The number of hydrogen-bond acceptors (Lipinski definition) is 5. The van der Waals surface area contributed by atoms with Gasteiger partial charge < -0.3 is 20.3 Å². The zero-order valence-electron chi connectivity index (χ0n) is 18.2. The minimum absolute atomic E-state index is 0.0782. The minimum Gasteiger partial charge on any atom is -0.508 e. The van der Waals surface area contributed by atoms with E-state index in [9.17, 15) is 15.0 Å². The van der Waals surface area contributed by atoms with E-state index in [1.165, 1.54) is 17.7 Å². The summed E-state index contributed by atoms with van der Waals surface area (Å²) in [5, 5.41) is 23.7. The second-order valence-corrected chi connectivity index (χ2v) is 8.30. The quantitative estimate of drug-likeness (QED) is 0.588. The molecule has 0 bridgehead atoms. The molecule has 2 atom stereocenters. The summed E-state index contributed by atoms with van der Waals surface area (Å²) in [7, 11) is 0. The molecule has 31 heavy (non-hydrogen) atoms. The van der Waals surface area contributed by atoms with Gasteiger partial charge in [-0.05, 0) is 75.6 Å². The van der Waals surface area contributed by atoms with Crippen molar-refractivity contribution >= 4 is 12.0 Å². The van der Waals surface area contributed by atoms with Crippen molar-refractivity contribution in [2.24, 2.45) is 0 Å². The lowest BCUT2D eigenvalue weighted by molar-refractivity contribution is 0.0315. The highest BCUT2D eigenvalue weighted by Gasteiger charge is 2.21. The number of hydrogen-bond donors (Lipinski definition) is 3. The fraction of sp³-hybridized carbons (Fsp3) is 0.423. The third-order valence-electron chi connectivity index (χ3n) is 5.72. The lowest BCUT2D eigenvalue weighted by atomic mass is 10.00. The van der Waals surface area contributed by atoms with Crippen LogP contribution in [0.5, 0.6) is 11.5 Å². The van der Waals surface area contributed by atoms with Crippen LogP contribution in [0.1, 0.15) is 66.9 Å². The molecule has 3 rings (SSSR count). The standard InChI is InChI=1S/C26H33NO4/c1-19-9-8-14-22(27-16-15-20-10-4-2-5-11-20)13-7-3-6-12-21-17-23(28)18-24(29)25(21)26(30)31-19/h2,4-6,10-12,17-19,22,27-29H,3,7-9,13-16H2,1H3. The number of aromatic hydroxyl groups is 2. The van der Waals surface area contributed by atoms with Gasteiger partial charge in [-0.1, -0.05) is 42.5 Å². The SMILES string of the molecule is CC1CCCC(NCCc2ccccc2)CCCC=Cc2cc(O)cc(O)c2C(=O)O1. The van der Waals surface area contributed by atoms with Crippen molar-refractivity contribution in [1.82, 2.24) is 5.32 Å². The van der Waals surface area contributed by atoms with Crippen LogP contribution < -0.4 is 5.32 Å². The third kappa shape index (κ3) is 7.14. The van der Waals surface area contributed by atoms with Crippen molar-refractivity contribution in [3.63, 3.8) is 0 Å². The average molecular weight is 424 g/mol. The van der Waals surface area contributed by atoms with E-state index in [4.69, 9.17) is 4.74 Å². The number of cyclic esters (lactones) is 1. The third-order valence-corrected chi connectivity index (χ3v) is 5.72. The molecule has 1 heterocycles. The molecule has 0 aromatic heterocycles. The predicted molar refractivity (Wildman–Crippen MR) is 123 cm³/mol. The van der Waals surface area contributed by atoms with Crippen LogP contribution in [0, 0.1) is 0 Å². The van der Waals surface area contributed by atoms with Crippen LogP contribution in [-0.2, 0) is 11.2 Å². The number of esters is 1. The summed E-state index contributed by atoms with van der Waals surface area (Å²) in [6, 6.07) is 13.6. The molecule has 2 aromatic rings. The van der Waals surface area contributed by atoms with Crippen LogP contribution in [0.4, 0.5) is 0 Å². The molecule has 1 aliphatic rings. The summed E-state index contributed by atoms with van der Waals surface area (Å²) < 4.78 is 5.58. The Morgan fingerprint density at radius 3 is 2.65 bits per heavy atom. The second-order valence-electron chi connectivity index (χ2n) is 8.30. The maximum absolute atomic E-state index is 12.6. The van der Waals surface area contributed by atoms with Crippen molar-refractivity contribution in [1.29, 1.82) is 0 Å². The van der Waals surface area contributed by atoms with Gasteiger partial charge in [-0.15, -0.1) is 0 Å². The van der Waals surface area contributed by atoms with Crippen molar-refractivity contribution in [3.8, 4) is 11.5 Å². The van der Waals surface area contributed by atoms with E-state index < -0.39 is 5.97 Å². The van der Waals surface area contributed by atoms with Crippen LogP contribution in [0.2, 0.25) is 0 Å². The predicted octanol–water partition coefficient (Wildman–Crippen LogP) is 5.21. The number of phenols is 2. The van der Waals surface area contributed by atoms with Crippen molar-refractivity contribution in [2.45, 2.75) is 64.0 Å². The minimum atomic E-state index is -0.556. The Bertz CT molecular complexity index is 878. The Morgan fingerprint density at radius 1 is 1.06 bits per heavy atom. The molecule has 1 aliphatic heterocycles. The van der Waals surface area contributed by atoms with Gasteiger partial charge in [0.05, 0.1) is 6.10 Å². The lowest BCUT2D eigenvalue weighted by Gasteiger charge is -2.21. The molecule has 2 unspecified atom stereocenters. The molecule has 3 N–H and O–H groups in total. The van der Waals surface area contributed by atoms with Crippen LogP contribution >= 0.6 is 0 Å². The van der Waals surface area contributed by atoms with E-state index in [1.54, 1.807) is 6.08 Å². The van der Waals surface area contributed by atoms with Gasteiger partial charge in [0, 0.05) is 12.1 Å². The summed E-state index contributed by atoms with van der Waals surface area (Å²) in [5.41, 5.74) is 1.92. The number of nitrogens with one attached hydrogen (secondary N) is 1. The fourth-order valence-electron chi connectivity index (χ4n) is 4.05. The van der Waals surface area contributed by atoms with Gasteiger partial charge in [-0.2, -0.15) is 0 Å². The van der Waals surface area contributed by atoms with Crippen molar-refractivity contribution < 1.29 is 19.7 Å². The van der Waals surface area contributed by atoms with Gasteiger partial charge in [0.1, 0.15) is 17.1 Å². The molecule has 166 valence electrons. The Morgan fingerprint density at radius 2 is 1.84 bits per heavy atom. The first-order valence-corrected chi connectivity index (χ1v) is 11.2. The second kappa shape index (κ2) is 11.6. The molecule has 0 fully saturated rings. The average Bonchev–Trinajstić information content (AvgIpc) is 2.72. The van der Waals surface area contributed by atoms with E-state index >= 15 is 0 Å². The van der Waals surface area contributed by atoms with Crippen LogP contribution in [-0.4, -0.2) is 34.9 Å². The summed E-state index contributed by atoms with van der Waals surface area (Å²) in [6.07, 6.45) is 10.3. The molecular weight excluding hydrogens is 390 g/mol. The molecule has 5 heteroatoms. The van der Waals surface area contributed by atoms with E-state index in [2.05, 4.69) is 29.6 Å². The zero-order chi connectivity index (χ0) is 22.1. The Balaban J connectivity index is 1.65. The summed E-state index contributed by atoms with van der Waals surface area (Å²) in [5.74, 6) is -0.892. The van der Waals surface area contributed by atoms with E-state index in [0.29, 0.717) is 11.6 Å². The molecule has 0 saturated heterocycles. The van der Waals surface area contributed by atoms with Gasteiger partial charge >= 0.3 is 5.97 Å². The fourth-order valence-corrected chi connectivity index (χ4v) is 4.05. The van der Waals surface area contributed by atoms with Crippen molar-refractivity contribution in [3.05, 3.63) is 65.2 Å². The molecule has 0 amide bonds. The number of benzene rings is 2. The number of phenolic OH excluding ortho intramolecular Hbond substituents is 2. The highest BCUT2D eigenvalue weighted by molar-refractivity contribution is 5.97. The zero-order valence-corrected chi connectivity index (χ0v) is 18.2. The maximum Gasteiger partial charge on any atom is 0.342 e. The molecule has 0 aliphatic carbocycles. The Kier molecular flexibility index (Phi) is 8.53. The van der Waals surface area contributed by atoms with Gasteiger partial charge in [0.25, 0.3) is 0 Å². The van der Waals surface area contributed by atoms with Gasteiger partial charge in [-0.3, -0.25) is 0 Å². The normalized spacial score (nSPS) is 20.5. The molecular formula is C26H33NO4. The monoisotopic (exact) mass is 423 g/mol. The Labute approximate surface area is 184 Å². The van der Waals surface area contributed by atoms with E-state index in [1.807, 2.05) is 19.1 Å². The molecule has 0 saturated carbocycles. The molecule has 0 radical (unpaired) electrons. The van der Waals surface area contributed by atoms with Gasteiger partial charge in [-0.25, -0.2) is 4.79 Å². The summed E-state index contributed by atoms with van der Waals surface area (Å²) >= 11 is 0. The van der Waals surface area contributed by atoms with E-state index in [-0.39, 0.29) is 23.2 Å². The van der Waals surface area contributed by atoms with Crippen LogP contribution in [0.25, 0.3) is 6.08 Å². The number of rotatable bonds is 4. The van der Waals surface area contributed by atoms with Crippen molar-refractivity contribution in [2.75, 3.05) is 6.54 Å². The first-order chi connectivity index (χ1) is 15.0. The smallest absolute Gasteiger partial charge is 0.342 e. The molecule has 2 aromatic carbocycles. The molecule has 0 spiro atoms. The highest BCUT2D eigenvalue weighted by atomic mass is 16.5. The summed E-state index contributed by atoms with van der Waals surface area (Å²) in [6.45, 7) is 2.83. The maximum atomic E-state index is 12.6. The summed E-state index contributed by atoms with van der Waals surface area (Å²) in [4.78, 5) is 12.6. The largest absolute Gasteiger partial charge is 0.508 e. The topological polar surface area (TPSA) is 78.8 Å². The number of carbonyl (C=O) groups is 1. The number of carbonyl (C=O) groups excluding carboxylic acids is 1.